The number of rotatable bonds is 5. The summed E-state index contributed by atoms with van der Waals surface area (Å²) in [6.45, 7) is 5.85. The van der Waals surface area contributed by atoms with E-state index < -0.39 is 11.8 Å². The highest BCUT2D eigenvalue weighted by Crippen LogP contribution is 2.15. The van der Waals surface area contributed by atoms with Crippen molar-refractivity contribution in [2.45, 2.75) is 26.6 Å². The van der Waals surface area contributed by atoms with Crippen LogP contribution in [0.25, 0.3) is 0 Å². The highest BCUT2D eigenvalue weighted by atomic mass is 79.9. The lowest BCUT2D eigenvalue weighted by atomic mass is 10.3. The smallest absolute Gasteiger partial charge is 0.377 e. The van der Waals surface area contributed by atoms with E-state index in [0.717, 1.165) is 0 Å². The van der Waals surface area contributed by atoms with Crippen LogP contribution in [-0.2, 0) is 18.1 Å². The van der Waals surface area contributed by atoms with Crippen LogP contribution >= 0.6 is 16.3 Å². The van der Waals surface area contributed by atoms with Crippen molar-refractivity contribution in [1.29, 1.82) is 0 Å². The molecule has 0 aliphatic rings. The molecule has 0 bridgehead atoms. The quantitative estimate of drug-likeness (QED) is 0.686. The zero-order chi connectivity index (χ0) is 9.61. The van der Waals surface area contributed by atoms with E-state index in [1.807, 2.05) is 0 Å². The lowest BCUT2D eigenvalue weighted by molar-refractivity contribution is -0.229. The number of carbonyl (C=O) groups is 1. The summed E-state index contributed by atoms with van der Waals surface area (Å²) >= 11 is 2.58. The molecule has 0 unspecified atom stereocenters. The summed E-state index contributed by atoms with van der Waals surface area (Å²) in [7, 11) is 0. The molecule has 0 N–H and O–H groups in total. The molecule has 0 aliphatic carbocycles. The average molecular weight is 241 g/mol. The molecule has 0 aromatic rings. The Morgan fingerprint density at radius 3 is 2.00 bits per heavy atom. The molecule has 12 heavy (non-hydrogen) atoms. The van der Waals surface area contributed by atoms with E-state index in [2.05, 4.69) is 20.1 Å². The Morgan fingerprint density at radius 1 is 1.33 bits per heavy atom. The highest BCUT2D eigenvalue weighted by Gasteiger charge is 2.36. The first kappa shape index (κ1) is 11.9. The van der Waals surface area contributed by atoms with Gasteiger partial charge in [-0.15, -0.1) is 0 Å². The number of hydrogen-bond donors (Lipinski definition) is 0. The number of carbonyl (C=O) groups excluding carboxylic acids is 1. The van der Waals surface area contributed by atoms with Gasteiger partial charge in [0.05, 0.1) is 0 Å². The topological polar surface area (TPSA) is 44.8 Å². The molecule has 0 amide bonds. The Hall–Kier alpha value is -0.130. The van der Waals surface area contributed by atoms with Gasteiger partial charge in [-0.2, -0.15) is 0 Å². The molecule has 0 spiro atoms. The van der Waals surface area contributed by atoms with Gasteiger partial charge < -0.3 is 13.3 Å². The molecule has 0 rings (SSSR count). The molecule has 0 atom stereocenters. The van der Waals surface area contributed by atoms with Crippen LogP contribution < -0.4 is 0 Å². The summed E-state index contributed by atoms with van der Waals surface area (Å²) in [6.07, 6.45) is 0. The molecule has 0 aliphatic heterocycles. The molecule has 0 fully saturated rings. The third kappa shape index (κ3) is 3.08. The second kappa shape index (κ2) is 5.50. The largest absolute Gasteiger partial charge is 0.380 e. The van der Waals surface area contributed by atoms with Gasteiger partial charge in [-0.3, -0.25) is 0 Å². The second-order valence-corrected chi connectivity index (χ2v) is 2.50. The summed E-state index contributed by atoms with van der Waals surface area (Å²) in [4.78, 5) is 11.1. The van der Waals surface area contributed by atoms with Crippen LogP contribution in [0.5, 0.6) is 0 Å². The SMILES string of the molecule is CCOC(C)(OCC)C(=O)OBr. The molecule has 0 saturated heterocycles. The predicted octanol–water partition coefficient (Wildman–Crippen LogP) is 1.63. The van der Waals surface area contributed by atoms with Crippen LogP contribution in [0.15, 0.2) is 0 Å². The van der Waals surface area contributed by atoms with E-state index in [-0.39, 0.29) is 0 Å². The molecular formula is C7H13BrO4. The second-order valence-electron chi connectivity index (χ2n) is 2.18. The van der Waals surface area contributed by atoms with Crippen LogP contribution in [0, 0.1) is 0 Å². The fourth-order valence-electron chi connectivity index (χ4n) is 0.780. The average Bonchev–Trinajstić information content (AvgIpc) is 2.04. The van der Waals surface area contributed by atoms with Crippen LogP contribution in [0.1, 0.15) is 20.8 Å². The maximum atomic E-state index is 11.1. The van der Waals surface area contributed by atoms with Gasteiger partial charge in [0.2, 0.25) is 0 Å². The van der Waals surface area contributed by atoms with Crippen LogP contribution in [0.3, 0.4) is 0 Å². The minimum atomic E-state index is -1.30. The van der Waals surface area contributed by atoms with E-state index in [1.165, 1.54) is 6.92 Å². The Morgan fingerprint density at radius 2 is 1.75 bits per heavy atom. The molecule has 0 radical (unpaired) electrons. The van der Waals surface area contributed by atoms with Gasteiger partial charge in [-0.25, -0.2) is 4.79 Å². The van der Waals surface area contributed by atoms with E-state index in [9.17, 15) is 4.79 Å². The molecule has 0 aromatic carbocycles. The lowest BCUT2D eigenvalue weighted by Crippen LogP contribution is -2.41. The monoisotopic (exact) mass is 240 g/mol. The first-order chi connectivity index (χ1) is 5.60. The van der Waals surface area contributed by atoms with Gasteiger partial charge >= 0.3 is 5.97 Å². The zero-order valence-corrected chi connectivity index (χ0v) is 9.01. The molecule has 72 valence electrons. The summed E-state index contributed by atoms with van der Waals surface area (Å²) < 4.78 is 14.5. The van der Waals surface area contributed by atoms with Crippen molar-refractivity contribution in [3.05, 3.63) is 0 Å². The maximum absolute atomic E-state index is 11.1. The molecule has 4 nitrogen and oxygen atoms in total. The van der Waals surface area contributed by atoms with Gasteiger partial charge in [-0.1, -0.05) is 0 Å². The first-order valence-electron chi connectivity index (χ1n) is 3.71. The third-order valence-corrected chi connectivity index (χ3v) is 1.57. The Balaban J connectivity index is 4.26. The van der Waals surface area contributed by atoms with Crippen molar-refractivity contribution in [1.82, 2.24) is 0 Å². The Kier molecular flexibility index (Phi) is 5.44. The summed E-state index contributed by atoms with van der Waals surface area (Å²) in [5.41, 5.74) is 0. The number of ether oxygens (including phenoxy) is 2. The van der Waals surface area contributed by atoms with E-state index in [4.69, 9.17) is 9.47 Å². The van der Waals surface area contributed by atoms with Crippen molar-refractivity contribution in [2.75, 3.05) is 13.2 Å². The predicted molar refractivity (Wildman–Crippen MR) is 46.7 cm³/mol. The molecule has 0 saturated carbocycles. The Labute approximate surface area is 80.6 Å². The fourth-order valence-corrected chi connectivity index (χ4v) is 1.07. The maximum Gasteiger partial charge on any atom is 0.377 e. The lowest BCUT2D eigenvalue weighted by Gasteiger charge is -2.24. The van der Waals surface area contributed by atoms with Crippen molar-refractivity contribution in [3.8, 4) is 0 Å². The number of halogens is 1. The standard InChI is InChI=1S/C7H13BrO4/c1-4-10-7(3,11-5-2)6(9)12-8/h4-5H2,1-3H3. The number of hydrogen-bond acceptors (Lipinski definition) is 4. The van der Waals surface area contributed by atoms with Crippen molar-refractivity contribution in [2.24, 2.45) is 0 Å². The van der Waals surface area contributed by atoms with Crippen molar-refractivity contribution in [3.63, 3.8) is 0 Å². The van der Waals surface area contributed by atoms with Crippen LogP contribution in [-0.4, -0.2) is 25.0 Å². The van der Waals surface area contributed by atoms with Gasteiger partial charge in [0.15, 0.2) is 16.3 Å². The minimum Gasteiger partial charge on any atom is -0.380 e. The van der Waals surface area contributed by atoms with Gasteiger partial charge in [0.25, 0.3) is 5.79 Å². The summed E-state index contributed by atoms with van der Waals surface area (Å²) in [6, 6.07) is 0. The van der Waals surface area contributed by atoms with Crippen molar-refractivity contribution < 1.29 is 18.1 Å². The zero-order valence-electron chi connectivity index (χ0n) is 7.43. The first-order valence-corrected chi connectivity index (χ1v) is 4.36. The van der Waals surface area contributed by atoms with Gasteiger partial charge in [-0.05, 0) is 13.8 Å². The van der Waals surface area contributed by atoms with Crippen molar-refractivity contribution >= 4 is 22.2 Å². The fraction of sp³-hybridized carbons (Fsp3) is 0.857. The van der Waals surface area contributed by atoms with E-state index >= 15 is 0 Å². The molecule has 5 heteroatoms. The highest BCUT2D eigenvalue weighted by molar-refractivity contribution is 9.06. The minimum absolute atomic E-state index is 0.387. The van der Waals surface area contributed by atoms with Crippen LogP contribution in [0.2, 0.25) is 0 Å². The third-order valence-electron chi connectivity index (χ3n) is 1.28. The summed E-state index contributed by atoms with van der Waals surface area (Å²) in [5.74, 6) is -1.89. The van der Waals surface area contributed by atoms with E-state index in [0.29, 0.717) is 13.2 Å². The van der Waals surface area contributed by atoms with Gasteiger partial charge in [0.1, 0.15) is 0 Å². The van der Waals surface area contributed by atoms with E-state index in [1.54, 1.807) is 13.8 Å². The van der Waals surface area contributed by atoms with Crippen LogP contribution in [0.4, 0.5) is 0 Å². The normalized spacial score (nSPS) is 11.3. The molecule has 0 heterocycles. The summed E-state index contributed by atoms with van der Waals surface area (Å²) in [5, 5.41) is 0. The molecular weight excluding hydrogens is 228 g/mol. The Bertz CT molecular complexity index is 142. The van der Waals surface area contributed by atoms with Gasteiger partial charge in [0, 0.05) is 20.1 Å². The molecule has 0 aromatic heterocycles.